The standard InChI is InChI=1S/C10H8Cl2N4O/c1-17-10-8(11)2-7(3-9(10)12)4-15-16-5-13-14-6-16/h2-6H,1H3/b15-4+. The molecule has 0 aliphatic heterocycles. The van der Waals surface area contributed by atoms with E-state index < -0.39 is 0 Å². The zero-order valence-corrected chi connectivity index (χ0v) is 10.4. The monoisotopic (exact) mass is 270 g/mol. The van der Waals surface area contributed by atoms with Gasteiger partial charge in [-0.25, -0.2) is 4.68 Å². The molecule has 1 aromatic carbocycles. The van der Waals surface area contributed by atoms with E-state index in [0.717, 1.165) is 5.56 Å². The minimum atomic E-state index is 0.435. The average Bonchev–Trinajstić information content (AvgIpc) is 2.79. The van der Waals surface area contributed by atoms with E-state index in [1.165, 1.54) is 24.4 Å². The molecule has 1 aromatic heterocycles. The van der Waals surface area contributed by atoms with Gasteiger partial charge < -0.3 is 4.74 Å². The molecule has 0 aliphatic rings. The van der Waals surface area contributed by atoms with Crippen LogP contribution in [-0.4, -0.2) is 28.2 Å². The Bertz CT molecular complexity index is 516. The van der Waals surface area contributed by atoms with Crippen LogP contribution in [0.3, 0.4) is 0 Å². The summed E-state index contributed by atoms with van der Waals surface area (Å²) in [5.74, 6) is 0.454. The summed E-state index contributed by atoms with van der Waals surface area (Å²) in [7, 11) is 1.51. The van der Waals surface area contributed by atoms with Crippen molar-refractivity contribution in [3.05, 3.63) is 40.4 Å². The third-order valence-electron chi connectivity index (χ3n) is 1.97. The lowest BCUT2D eigenvalue weighted by atomic mass is 10.2. The Hall–Kier alpha value is -1.59. The summed E-state index contributed by atoms with van der Waals surface area (Å²) >= 11 is 12.0. The molecule has 0 radical (unpaired) electrons. The number of aromatic nitrogens is 3. The molecule has 17 heavy (non-hydrogen) atoms. The summed E-state index contributed by atoms with van der Waals surface area (Å²) in [5, 5.41) is 12.2. The second-order valence-corrected chi connectivity index (χ2v) is 3.92. The van der Waals surface area contributed by atoms with Crippen molar-refractivity contribution in [1.29, 1.82) is 0 Å². The third-order valence-corrected chi connectivity index (χ3v) is 2.53. The normalized spacial score (nSPS) is 11.0. The molecule has 0 fully saturated rings. The molecule has 88 valence electrons. The van der Waals surface area contributed by atoms with Crippen molar-refractivity contribution >= 4 is 29.4 Å². The molecule has 0 saturated heterocycles. The fourth-order valence-electron chi connectivity index (χ4n) is 1.24. The van der Waals surface area contributed by atoms with E-state index in [-0.39, 0.29) is 0 Å². The Labute approximate surface area is 108 Å². The van der Waals surface area contributed by atoms with Gasteiger partial charge in [-0.05, 0) is 17.7 Å². The Morgan fingerprint density at radius 1 is 1.24 bits per heavy atom. The van der Waals surface area contributed by atoms with Crippen molar-refractivity contribution in [3.8, 4) is 5.75 Å². The number of rotatable bonds is 3. The van der Waals surface area contributed by atoms with E-state index in [2.05, 4.69) is 15.3 Å². The SMILES string of the molecule is COc1c(Cl)cc(/C=N/n2cnnc2)cc1Cl. The highest BCUT2D eigenvalue weighted by Gasteiger charge is 2.07. The lowest BCUT2D eigenvalue weighted by molar-refractivity contribution is 0.415. The van der Waals surface area contributed by atoms with Crippen LogP contribution in [0.5, 0.6) is 5.75 Å². The van der Waals surface area contributed by atoms with Crippen molar-refractivity contribution in [2.75, 3.05) is 7.11 Å². The highest BCUT2D eigenvalue weighted by molar-refractivity contribution is 6.37. The molecule has 0 spiro atoms. The Morgan fingerprint density at radius 3 is 2.35 bits per heavy atom. The van der Waals surface area contributed by atoms with Crippen LogP contribution in [0.1, 0.15) is 5.56 Å². The van der Waals surface area contributed by atoms with Crippen molar-refractivity contribution in [3.63, 3.8) is 0 Å². The number of halogens is 2. The second kappa shape index (κ2) is 5.16. The Morgan fingerprint density at radius 2 is 1.82 bits per heavy atom. The van der Waals surface area contributed by atoms with E-state index in [0.29, 0.717) is 15.8 Å². The zero-order valence-electron chi connectivity index (χ0n) is 8.84. The lowest BCUT2D eigenvalue weighted by Gasteiger charge is -2.05. The number of hydrogen-bond donors (Lipinski definition) is 0. The zero-order chi connectivity index (χ0) is 12.3. The van der Waals surface area contributed by atoms with Gasteiger partial charge in [0.1, 0.15) is 12.7 Å². The predicted octanol–water partition coefficient (Wildman–Crippen LogP) is 2.48. The highest BCUT2D eigenvalue weighted by Crippen LogP contribution is 2.33. The average molecular weight is 271 g/mol. The maximum Gasteiger partial charge on any atom is 0.156 e. The van der Waals surface area contributed by atoms with E-state index >= 15 is 0 Å². The number of benzene rings is 1. The van der Waals surface area contributed by atoms with Crippen LogP contribution < -0.4 is 4.74 Å². The summed E-state index contributed by atoms with van der Waals surface area (Å²) in [6.45, 7) is 0. The minimum absolute atomic E-state index is 0.435. The third kappa shape index (κ3) is 2.75. The van der Waals surface area contributed by atoms with Gasteiger partial charge in [-0.15, -0.1) is 10.2 Å². The molecule has 1 heterocycles. The fraction of sp³-hybridized carbons (Fsp3) is 0.100. The molecule has 0 unspecified atom stereocenters. The van der Waals surface area contributed by atoms with Crippen LogP contribution in [0, 0.1) is 0 Å². The summed E-state index contributed by atoms with van der Waals surface area (Å²) in [6.07, 6.45) is 4.55. The van der Waals surface area contributed by atoms with Gasteiger partial charge in [-0.2, -0.15) is 5.10 Å². The largest absolute Gasteiger partial charge is 0.494 e. The second-order valence-electron chi connectivity index (χ2n) is 3.10. The van der Waals surface area contributed by atoms with Gasteiger partial charge in [0.05, 0.1) is 23.4 Å². The van der Waals surface area contributed by atoms with E-state index in [4.69, 9.17) is 27.9 Å². The van der Waals surface area contributed by atoms with Crippen LogP contribution in [-0.2, 0) is 0 Å². The van der Waals surface area contributed by atoms with Gasteiger partial charge >= 0.3 is 0 Å². The molecule has 7 heteroatoms. The summed E-state index contributed by atoms with van der Waals surface area (Å²) in [4.78, 5) is 0. The maximum absolute atomic E-state index is 5.99. The van der Waals surface area contributed by atoms with Crippen LogP contribution in [0.15, 0.2) is 29.9 Å². The van der Waals surface area contributed by atoms with Crippen LogP contribution in [0.2, 0.25) is 10.0 Å². The van der Waals surface area contributed by atoms with Crippen molar-refractivity contribution < 1.29 is 4.74 Å². The molecule has 0 amide bonds. The van der Waals surface area contributed by atoms with Crippen LogP contribution in [0.25, 0.3) is 0 Å². The van der Waals surface area contributed by atoms with Crippen molar-refractivity contribution in [2.45, 2.75) is 0 Å². The van der Waals surface area contributed by atoms with E-state index in [1.807, 2.05) is 0 Å². The molecular formula is C10H8Cl2N4O. The Balaban J connectivity index is 2.29. The molecule has 0 saturated carbocycles. The molecule has 2 aromatic rings. The minimum Gasteiger partial charge on any atom is -0.494 e. The first kappa shape index (κ1) is 11.9. The predicted molar refractivity (Wildman–Crippen MR) is 66.0 cm³/mol. The fourth-order valence-corrected chi connectivity index (χ4v) is 1.90. The smallest absolute Gasteiger partial charge is 0.156 e. The maximum atomic E-state index is 5.99. The quantitative estimate of drug-likeness (QED) is 0.806. The van der Waals surface area contributed by atoms with Gasteiger partial charge in [0, 0.05) is 0 Å². The molecule has 0 aliphatic carbocycles. The molecular weight excluding hydrogens is 263 g/mol. The number of nitrogens with zero attached hydrogens (tertiary/aromatic N) is 4. The summed E-state index contributed by atoms with van der Waals surface area (Å²) in [5.41, 5.74) is 0.759. The lowest BCUT2D eigenvalue weighted by Crippen LogP contribution is -1.91. The van der Waals surface area contributed by atoms with Crippen LogP contribution in [0.4, 0.5) is 0 Å². The van der Waals surface area contributed by atoms with Gasteiger partial charge in [0.15, 0.2) is 5.75 Å². The van der Waals surface area contributed by atoms with E-state index in [9.17, 15) is 0 Å². The van der Waals surface area contributed by atoms with Crippen molar-refractivity contribution in [2.24, 2.45) is 5.10 Å². The number of ether oxygens (including phenoxy) is 1. The molecule has 0 N–H and O–H groups in total. The summed E-state index contributed by atoms with van der Waals surface area (Å²) < 4.78 is 6.51. The molecule has 5 nitrogen and oxygen atoms in total. The molecule has 2 rings (SSSR count). The molecule has 0 atom stereocenters. The molecule has 0 bridgehead atoms. The van der Waals surface area contributed by atoms with Gasteiger partial charge in [-0.3, -0.25) is 0 Å². The highest BCUT2D eigenvalue weighted by atomic mass is 35.5. The first-order valence-electron chi connectivity index (χ1n) is 4.62. The number of hydrogen-bond acceptors (Lipinski definition) is 4. The summed E-state index contributed by atoms with van der Waals surface area (Å²) in [6, 6.07) is 3.42. The topological polar surface area (TPSA) is 52.3 Å². The van der Waals surface area contributed by atoms with Gasteiger partial charge in [-0.1, -0.05) is 23.2 Å². The van der Waals surface area contributed by atoms with Gasteiger partial charge in [0.25, 0.3) is 0 Å². The van der Waals surface area contributed by atoms with Gasteiger partial charge in [0.2, 0.25) is 0 Å². The first-order chi connectivity index (χ1) is 8.20. The van der Waals surface area contributed by atoms with Crippen molar-refractivity contribution in [1.82, 2.24) is 14.9 Å². The van der Waals surface area contributed by atoms with Crippen LogP contribution >= 0.6 is 23.2 Å². The number of methoxy groups -OCH3 is 1. The first-order valence-corrected chi connectivity index (χ1v) is 5.38. The van der Waals surface area contributed by atoms with E-state index in [1.54, 1.807) is 18.3 Å². The Kier molecular flexibility index (Phi) is 3.61.